The molecule has 0 heterocycles. The third-order valence-corrected chi connectivity index (χ3v) is 3.01. The van der Waals surface area contributed by atoms with Crippen molar-refractivity contribution >= 4 is 12.0 Å². The van der Waals surface area contributed by atoms with Crippen LogP contribution < -0.4 is 4.74 Å². The minimum Gasteiger partial charge on any atom is -0.426 e. The van der Waals surface area contributed by atoms with E-state index in [4.69, 9.17) is 4.74 Å². The summed E-state index contributed by atoms with van der Waals surface area (Å²) in [5, 5.41) is 0. The highest BCUT2D eigenvalue weighted by Gasteiger charge is 2.25. The van der Waals surface area contributed by atoms with Gasteiger partial charge < -0.3 is 4.74 Å². The van der Waals surface area contributed by atoms with Gasteiger partial charge in [-0.1, -0.05) is 54.6 Å². The maximum atomic E-state index is 12.1. The van der Waals surface area contributed by atoms with Crippen molar-refractivity contribution in [3.05, 3.63) is 71.8 Å². The van der Waals surface area contributed by atoms with Crippen LogP contribution in [0.1, 0.15) is 17.0 Å². The predicted molar refractivity (Wildman–Crippen MR) is 70.3 cm³/mol. The lowest BCUT2D eigenvalue weighted by Gasteiger charge is -2.10. The minimum atomic E-state index is -0.290. The van der Waals surface area contributed by atoms with Crippen LogP contribution >= 0.6 is 0 Å². The molecule has 1 aliphatic rings. The van der Waals surface area contributed by atoms with E-state index in [2.05, 4.69) is 0 Å². The number of fused-ring (bicyclic) bond motifs is 1. The lowest BCUT2D eigenvalue weighted by atomic mass is 10.0. The van der Waals surface area contributed by atoms with E-state index in [9.17, 15) is 4.79 Å². The smallest absolute Gasteiger partial charge is 0.322 e. The molecular weight excluding hydrogens is 224 g/mol. The number of carbonyl (C=O) groups is 1. The van der Waals surface area contributed by atoms with Crippen LogP contribution in [0.3, 0.4) is 0 Å². The van der Waals surface area contributed by atoms with Gasteiger partial charge >= 0.3 is 5.97 Å². The second kappa shape index (κ2) is 4.49. The summed E-state index contributed by atoms with van der Waals surface area (Å²) in [7, 11) is 0. The monoisotopic (exact) mass is 236 g/mol. The van der Waals surface area contributed by atoms with Gasteiger partial charge in [-0.05, 0) is 23.3 Å². The maximum Gasteiger partial charge on any atom is 0.322 e. The third-order valence-electron chi connectivity index (χ3n) is 3.01. The van der Waals surface area contributed by atoms with E-state index in [1.807, 2.05) is 54.6 Å². The van der Waals surface area contributed by atoms with Gasteiger partial charge in [0, 0.05) is 0 Å². The van der Waals surface area contributed by atoms with Crippen molar-refractivity contribution in [1.82, 2.24) is 0 Å². The van der Waals surface area contributed by atoms with Crippen molar-refractivity contribution in [3.8, 4) is 5.75 Å². The number of hydrogen-bond acceptors (Lipinski definition) is 2. The van der Waals surface area contributed by atoms with Crippen LogP contribution in [-0.4, -0.2) is 5.97 Å². The molecule has 0 saturated carbocycles. The molecule has 1 atom stereocenters. The van der Waals surface area contributed by atoms with E-state index in [1.165, 1.54) is 0 Å². The zero-order chi connectivity index (χ0) is 12.4. The van der Waals surface area contributed by atoms with Gasteiger partial charge in [0.15, 0.2) is 0 Å². The third kappa shape index (κ3) is 1.93. The van der Waals surface area contributed by atoms with Crippen LogP contribution in [0.25, 0.3) is 6.08 Å². The largest absolute Gasteiger partial charge is 0.426 e. The van der Waals surface area contributed by atoms with E-state index < -0.39 is 0 Å². The summed E-state index contributed by atoms with van der Waals surface area (Å²) in [5.74, 6) is 0.0593. The Morgan fingerprint density at radius 2 is 1.67 bits per heavy atom. The molecule has 2 aromatic rings. The van der Waals surface area contributed by atoms with Gasteiger partial charge in [-0.25, -0.2) is 0 Å². The summed E-state index contributed by atoms with van der Waals surface area (Å²) >= 11 is 0. The SMILES string of the molecule is O=C(Oc1ccccc1)C1C=Cc2ccccc21. The Balaban J connectivity index is 1.81. The Labute approximate surface area is 106 Å². The van der Waals surface area contributed by atoms with E-state index in [0.717, 1.165) is 11.1 Å². The molecular formula is C16H12O2. The Hall–Kier alpha value is -2.35. The van der Waals surface area contributed by atoms with Gasteiger partial charge in [0.05, 0.1) is 0 Å². The summed E-state index contributed by atoms with van der Waals surface area (Å²) in [4.78, 5) is 12.1. The molecule has 0 N–H and O–H groups in total. The molecule has 0 aromatic heterocycles. The molecule has 0 radical (unpaired) electrons. The molecule has 2 heteroatoms. The van der Waals surface area contributed by atoms with E-state index in [1.54, 1.807) is 12.1 Å². The van der Waals surface area contributed by atoms with Gasteiger partial charge in [0.25, 0.3) is 0 Å². The normalized spacial score (nSPS) is 16.3. The molecule has 2 nitrogen and oxygen atoms in total. The lowest BCUT2D eigenvalue weighted by Crippen LogP contribution is -2.16. The molecule has 1 unspecified atom stereocenters. The quantitative estimate of drug-likeness (QED) is 0.590. The first-order valence-electron chi connectivity index (χ1n) is 5.88. The first kappa shape index (κ1) is 10.8. The molecule has 0 saturated heterocycles. The van der Waals surface area contributed by atoms with Gasteiger partial charge in [0.2, 0.25) is 0 Å². The number of ether oxygens (including phenoxy) is 1. The highest BCUT2D eigenvalue weighted by atomic mass is 16.5. The van der Waals surface area contributed by atoms with Crippen LogP contribution in [-0.2, 0) is 4.79 Å². The Bertz CT molecular complexity index is 600. The summed E-state index contributed by atoms with van der Waals surface area (Å²) in [6.45, 7) is 0. The summed E-state index contributed by atoms with van der Waals surface area (Å²) < 4.78 is 5.36. The van der Waals surface area contributed by atoms with Crippen molar-refractivity contribution < 1.29 is 9.53 Å². The van der Waals surface area contributed by atoms with Crippen molar-refractivity contribution in [1.29, 1.82) is 0 Å². The number of carbonyl (C=O) groups excluding carboxylic acids is 1. The highest BCUT2D eigenvalue weighted by molar-refractivity contribution is 5.87. The van der Waals surface area contributed by atoms with Crippen LogP contribution in [0.5, 0.6) is 5.75 Å². The van der Waals surface area contributed by atoms with Crippen LogP contribution in [0.4, 0.5) is 0 Å². The molecule has 2 aromatic carbocycles. The predicted octanol–water partition coefficient (Wildman–Crippen LogP) is 3.40. The Morgan fingerprint density at radius 3 is 2.50 bits per heavy atom. The summed E-state index contributed by atoms with van der Waals surface area (Å²) in [6, 6.07) is 17.0. The number of rotatable bonds is 2. The molecule has 0 aliphatic heterocycles. The number of benzene rings is 2. The molecule has 3 rings (SSSR count). The van der Waals surface area contributed by atoms with Crippen molar-refractivity contribution in [3.63, 3.8) is 0 Å². The van der Waals surface area contributed by atoms with Crippen LogP contribution in [0.15, 0.2) is 60.7 Å². The molecule has 0 bridgehead atoms. The van der Waals surface area contributed by atoms with Gasteiger partial charge in [-0.2, -0.15) is 0 Å². The Kier molecular flexibility index (Phi) is 2.69. The zero-order valence-corrected chi connectivity index (χ0v) is 9.74. The number of hydrogen-bond donors (Lipinski definition) is 0. The zero-order valence-electron chi connectivity index (χ0n) is 9.74. The summed E-state index contributed by atoms with van der Waals surface area (Å²) in [6.07, 6.45) is 3.85. The second-order valence-electron chi connectivity index (χ2n) is 4.20. The molecule has 18 heavy (non-hydrogen) atoms. The maximum absolute atomic E-state index is 12.1. The van der Waals surface area contributed by atoms with Crippen molar-refractivity contribution in [2.24, 2.45) is 0 Å². The van der Waals surface area contributed by atoms with Crippen LogP contribution in [0.2, 0.25) is 0 Å². The fraction of sp³-hybridized carbons (Fsp3) is 0.0625. The van der Waals surface area contributed by atoms with Gasteiger partial charge in [0.1, 0.15) is 11.7 Å². The Morgan fingerprint density at radius 1 is 0.944 bits per heavy atom. The fourth-order valence-corrected chi connectivity index (χ4v) is 2.12. The van der Waals surface area contributed by atoms with Crippen molar-refractivity contribution in [2.75, 3.05) is 0 Å². The van der Waals surface area contributed by atoms with Crippen LogP contribution in [0, 0.1) is 0 Å². The second-order valence-corrected chi connectivity index (χ2v) is 4.20. The average Bonchev–Trinajstić information content (AvgIpc) is 2.84. The number of para-hydroxylation sites is 1. The molecule has 0 spiro atoms. The first-order valence-corrected chi connectivity index (χ1v) is 5.88. The molecule has 88 valence electrons. The minimum absolute atomic E-state index is 0.234. The van der Waals surface area contributed by atoms with E-state index in [0.29, 0.717) is 5.75 Å². The van der Waals surface area contributed by atoms with Gasteiger partial charge in [-0.3, -0.25) is 4.79 Å². The number of esters is 1. The standard InChI is InChI=1S/C16H12O2/c17-16(18-13-7-2-1-3-8-13)15-11-10-12-6-4-5-9-14(12)15/h1-11,15H. The van der Waals surface area contributed by atoms with Gasteiger partial charge in [-0.15, -0.1) is 0 Å². The van der Waals surface area contributed by atoms with Crippen molar-refractivity contribution in [2.45, 2.75) is 5.92 Å². The van der Waals surface area contributed by atoms with E-state index >= 15 is 0 Å². The lowest BCUT2D eigenvalue weighted by molar-refractivity contribution is -0.134. The first-order chi connectivity index (χ1) is 8.84. The summed E-state index contributed by atoms with van der Waals surface area (Å²) in [5.41, 5.74) is 2.10. The molecule has 1 aliphatic carbocycles. The topological polar surface area (TPSA) is 26.3 Å². The molecule has 0 fully saturated rings. The highest BCUT2D eigenvalue weighted by Crippen LogP contribution is 2.31. The average molecular weight is 236 g/mol. The molecule has 0 amide bonds. The fourth-order valence-electron chi connectivity index (χ4n) is 2.12. The van der Waals surface area contributed by atoms with E-state index in [-0.39, 0.29) is 11.9 Å².